The number of fused-ring (bicyclic) bond motifs is 1. The molecule has 2 aliphatic heterocycles. The van der Waals surface area contributed by atoms with Gasteiger partial charge in [-0.05, 0) is 44.6 Å². The van der Waals surface area contributed by atoms with Crippen LogP contribution in [0.3, 0.4) is 0 Å². The number of nitrogens with one attached hydrogen (secondary N) is 1. The number of likely N-dealkylation sites (tertiary alicyclic amines) is 1. The summed E-state index contributed by atoms with van der Waals surface area (Å²) in [6, 6.07) is 10.5. The first kappa shape index (κ1) is 18.0. The SMILES string of the molecule is CC1(C)CC(c2ccccc2)Nc2c(C(=O)N3CCCC(CO)C3)cnn21. The van der Waals surface area contributed by atoms with Crippen LogP contribution in [0.5, 0.6) is 0 Å². The summed E-state index contributed by atoms with van der Waals surface area (Å²) in [5.74, 6) is 0.984. The van der Waals surface area contributed by atoms with Crippen LogP contribution < -0.4 is 5.32 Å². The highest BCUT2D eigenvalue weighted by atomic mass is 16.3. The molecule has 2 aromatic rings. The van der Waals surface area contributed by atoms with Gasteiger partial charge in [0.25, 0.3) is 5.91 Å². The highest BCUT2D eigenvalue weighted by molar-refractivity contribution is 5.99. The molecule has 4 rings (SSSR count). The van der Waals surface area contributed by atoms with Crippen molar-refractivity contribution in [1.29, 1.82) is 0 Å². The fraction of sp³-hybridized carbons (Fsp3) is 0.524. The second-order valence-electron chi connectivity index (χ2n) is 8.38. The quantitative estimate of drug-likeness (QED) is 0.874. The Balaban J connectivity index is 1.64. The van der Waals surface area contributed by atoms with E-state index < -0.39 is 0 Å². The van der Waals surface area contributed by atoms with E-state index in [4.69, 9.17) is 0 Å². The molecule has 1 fully saturated rings. The lowest BCUT2D eigenvalue weighted by Gasteiger charge is -2.39. The summed E-state index contributed by atoms with van der Waals surface area (Å²) >= 11 is 0. The van der Waals surface area contributed by atoms with Crippen LogP contribution in [0.1, 0.15) is 55.1 Å². The van der Waals surface area contributed by atoms with Gasteiger partial charge in [0.15, 0.2) is 0 Å². The minimum atomic E-state index is -0.185. The zero-order chi connectivity index (χ0) is 19.0. The maximum Gasteiger partial charge on any atom is 0.259 e. The number of aliphatic hydroxyl groups excluding tert-OH is 1. The summed E-state index contributed by atoms with van der Waals surface area (Å²) < 4.78 is 1.95. The van der Waals surface area contributed by atoms with E-state index in [0.717, 1.165) is 31.6 Å². The predicted octanol–water partition coefficient (Wildman–Crippen LogP) is 3.02. The van der Waals surface area contributed by atoms with Gasteiger partial charge in [0.2, 0.25) is 0 Å². The number of benzene rings is 1. The number of amides is 1. The zero-order valence-corrected chi connectivity index (χ0v) is 16.1. The fourth-order valence-corrected chi connectivity index (χ4v) is 4.36. The number of nitrogens with zero attached hydrogens (tertiary/aromatic N) is 3. The molecule has 27 heavy (non-hydrogen) atoms. The lowest BCUT2D eigenvalue weighted by atomic mass is 9.89. The van der Waals surface area contributed by atoms with Crippen LogP contribution in [0.15, 0.2) is 36.5 Å². The molecule has 144 valence electrons. The molecule has 2 N–H and O–H groups in total. The fourth-order valence-electron chi connectivity index (χ4n) is 4.36. The number of hydrogen-bond acceptors (Lipinski definition) is 4. The van der Waals surface area contributed by atoms with Crippen molar-refractivity contribution in [2.75, 3.05) is 25.0 Å². The molecule has 1 aromatic heterocycles. The number of hydrogen-bond donors (Lipinski definition) is 2. The van der Waals surface area contributed by atoms with E-state index >= 15 is 0 Å². The van der Waals surface area contributed by atoms with Gasteiger partial charge in [0.1, 0.15) is 11.4 Å². The first-order valence-corrected chi connectivity index (χ1v) is 9.80. The van der Waals surface area contributed by atoms with Crippen molar-refractivity contribution in [1.82, 2.24) is 14.7 Å². The van der Waals surface area contributed by atoms with Gasteiger partial charge in [-0.15, -0.1) is 0 Å². The van der Waals surface area contributed by atoms with E-state index in [1.54, 1.807) is 6.20 Å². The smallest absolute Gasteiger partial charge is 0.259 e. The second kappa shape index (κ2) is 7.00. The summed E-state index contributed by atoms with van der Waals surface area (Å²) in [5, 5.41) is 17.6. The van der Waals surface area contributed by atoms with Gasteiger partial charge in [-0.1, -0.05) is 30.3 Å². The number of rotatable bonds is 3. The van der Waals surface area contributed by atoms with Crippen molar-refractivity contribution in [2.24, 2.45) is 5.92 Å². The number of anilines is 1. The minimum Gasteiger partial charge on any atom is -0.396 e. The molecule has 2 atom stereocenters. The largest absolute Gasteiger partial charge is 0.396 e. The highest BCUT2D eigenvalue weighted by Crippen LogP contribution is 2.40. The summed E-state index contributed by atoms with van der Waals surface area (Å²) in [7, 11) is 0. The predicted molar refractivity (Wildman–Crippen MR) is 105 cm³/mol. The standard InChI is InChI=1S/C21H28N4O2/c1-21(2)11-18(16-8-4-3-5-9-16)23-19-17(12-22-25(19)21)20(27)24-10-6-7-15(13-24)14-26/h3-5,8-9,12,15,18,23,26H,6-7,10-11,13-14H2,1-2H3. The van der Waals surface area contributed by atoms with E-state index in [0.29, 0.717) is 12.1 Å². The van der Waals surface area contributed by atoms with E-state index in [2.05, 4.69) is 36.4 Å². The summed E-state index contributed by atoms with van der Waals surface area (Å²) in [5.41, 5.74) is 1.66. The van der Waals surface area contributed by atoms with Gasteiger partial charge in [-0.3, -0.25) is 4.79 Å². The number of aliphatic hydroxyl groups is 1. The second-order valence-corrected chi connectivity index (χ2v) is 8.38. The molecule has 2 unspecified atom stereocenters. The average Bonchev–Trinajstić information content (AvgIpc) is 3.13. The van der Waals surface area contributed by atoms with Crippen LogP contribution in [0, 0.1) is 5.92 Å². The Hall–Kier alpha value is -2.34. The molecular formula is C21H28N4O2. The Morgan fingerprint density at radius 1 is 1.33 bits per heavy atom. The molecule has 0 aliphatic carbocycles. The van der Waals surface area contributed by atoms with Crippen molar-refractivity contribution in [2.45, 2.75) is 44.7 Å². The molecular weight excluding hydrogens is 340 g/mol. The van der Waals surface area contributed by atoms with Gasteiger partial charge >= 0.3 is 0 Å². The first-order valence-electron chi connectivity index (χ1n) is 9.80. The van der Waals surface area contributed by atoms with Gasteiger partial charge in [-0.25, -0.2) is 4.68 Å². The van der Waals surface area contributed by atoms with Gasteiger partial charge in [0, 0.05) is 19.7 Å². The Morgan fingerprint density at radius 2 is 2.11 bits per heavy atom. The molecule has 0 saturated carbocycles. The van der Waals surface area contributed by atoms with Gasteiger partial charge in [0.05, 0.1) is 17.8 Å². The Labute approximate surface area is 160 Å². The van der Waals surface area contributed by atoms with Crippen LogP contribution >= 0.6 is 0 Å². The molecule has 1 saturated heterocycles. The monoisotopic (exact) mass is 368 g/mol. The molecule has 0 spiro atoms. The van der Waals surface area contributed by atoms with Crippen molar-refractivity contribution >= 4 is 11.7 Å². The van der Waals surface area contributed by atoms with Crippen molar-refractivity contribution < 1.29 is 9.90 Å². The van der Waals surface area contributed by atoms with Crippen LogP contribution in [0.25, 0.3) is 0 Å². The molecule has 6 nitrogen and oxygen atoms in total. The normalized spacial score (nSPS) is 24.2. The number of aromatic nitrogens is 2. The number of carbonyl (C=O) groups is 1. The minimum absolute atomic E-state index is 0.00594. The Bertz CT molecular complexity index is 815. The first-order chi connectivity index (χ1) is 13.0. The number of carbonyl (C=O) groups excluding carboxylic acids is 1. The van der Waals surface area contributed by atoms with Crippen molar-refractivity contribution in [3.63, 3.8) is 0 Å². The molecule has 1 aromatic carbocycles. The topological polar surface area (TPSA) is 70.4 Å². The Morgan fingerprint density at radius 3 is 2.85 bits per heavy atom. The van der Waals surface area contributed by atoms with Crippen LogP contribution in [0.4, 0.5) is 5.82 Å². The van der Waals surface area contributed by atoms with Crippen LogP contribution in [-0.4, -0.2) is 45.4 Å². The molecule has 6 heteroatoms. The average molecular weight is 368 g/mol. The van der Waals surface area contributed by atoms with E-state index in [1.807, 2.05) is 27.8 Å². The third kappa shape index (κ3) is 3.34. The zero-order valence-electron chi connectivity index (χ0n) is 16.1. The summed E-state index contributed by atoms with van der Waals surface area (Å²) in [4.78, 5) is 15.1. The lowest BCUT2D eigenvalue weighted by molar-refractivity contribution is 0.0621. The molecule has 0 radical (unpaired) electrons. The third-order valence-corrected chi connectivity index (χ3v) is 5.85. The van der Waals surface area contributed by atoms with Gasteiger partial charge in [-0.2, -0.15) is 5.10 Å². The maximum absolute atomic E-state index is 13.2. The van der Waals surface area contributed by atoms with Crippen LogP contribution in [0.2, 0.25) is 0 Å². The highest BCUT2D eigenvalue weighted by Gasteiger charge is 2.37. The molecule has 0 bridgehead atoms. The third-order valence-electron chi connectivity index (χ3n) is 5.85. The van der Waals surface area contributed by atoms with Crippen molar-refractivity contribution in [3.05, 3.63) is 47.7 Å². The summed E-state index contributed by atoms with van der Waals surface area (Å²) in [6.07, 6.45) is 4.51. The van der Waals surface area contributed by atoms with E-state index in [1.165, 1.54) is 5.56 Å². The molecule has 2 aliphatic rings. The summed E-state index contributed by atoms with van der Waals surface area (Å²) in [6.45, 7) is 5.82. The van der Waals surface area contributed by atoms with Gasteiger partial charge < -0.3 is 15.3 Å². The van der Waals surface area contributed by atoms with E-state index in [9.17, 15) is 9.90 Å². The van der Waals surface area contributed by atoms with Crippen LogP contribution in [-0.2, 0) is 5.54 Å². The molecule has 3 heterocycles. The number of piperidine rings is 1. The van der Waals surface area contributed by atoms with E-state index in [-0.39, 0.29) is 30.0 Å². The van der Waals surface area contributed by atoms with Crippen molar-refractivity contribution in [3.8, 4) is 0 Å². The lowest BCUT2D eigenvalue weighted by Crippen LogP contribution is -2.42. The molecule has 1 amide bonds. The Kier molecular flexibility index (Phi) is 4.68. The maximum atomic E-state index is 13.2.